The second-order valence-electron chi connectivity index (χ2n) is 8.59. The van der Waals surface area contributed by atoms with Crippen molar-refractivity contribution in [3.8, 4) is 17.6 Å². The molecular weight excluding hydrogens is 428 g/mol. The van der Waals surface area contributed by atoms with Crippen LogP contribution in [0.5, 0.6) is 5.75 Å². The Labute approximate surface area is 189 Å². The fourth-order valence-corrected chi connectivity index (χ4v) is 5.37. The lowest BCUT2D eigenvalue weighted by atomic mass is 9.54. The fraction of sp³-hybridized carbons (Fsp3) is 0.375. The third kappa shape index (κ3) is 3.14. The number of ketones is 2. The van der Waals surface area contributed by atoms with E-state index in [4.69, 9.17) is 5.73 Å². The topological polar surface area (TPSA) is 170 Å². The number of primary amides is 1. The molecule has 9 nitrogen and oxygen atoms in total. The molecule has 1 unspecified atom stereocenters. The molecule has 0 aliphatic heterocycles. The van der Waals surface area contributed by atoms with Crippen LogP contribution in [0.3, 0.4) is 0 Å². The van der Waals surface area contributed by atoms with E-state index in [1.807, 2.05) is 0 Å². The number of aliphatic hydroxyl groups excluding tert-OH is 3. The minimum absolute atomic E-state index is 0.0619. The molecule has 7 N–H and O–H groups in total. The fourth-order valence-electron chi connectivity index (χ4n) is 5.37. The zero-order valence-corrected chi connectivity index (χ0v) is 17.9. The molecule has 0 spiro atoms. The third-order valence-electron chi connectivity index (χ3n) is 6.91. The monoisotopic (exact) mass is 452 g/mol. The van der Waals surface area contributed by atoms with E-state index in [1.54, 1.807) is 13.1 Å². The lowest BCUT2D eigenvalue weighted by Gasteiger charge is -2.48. The Morgan fingerprint density at radius 1 is 1.24 bits per heavy atom. The SMILES string of the molecule is CNCC#Cc1ccc(O)c2c1C[C@H]1C[C@H]3CC(=O)C(C(N)=O)=C(O)C3(CO)C(=O)C1=C2O. The van der Waals surface area contributed by atoms with Crippen LogP contribution in [0.15, 0.2) is 29.0 Å². The Morgan fingerprint density at radius 2 is 1.97 bits per heavy atom. The molecule has 1 fully saturated rings. The number of hydrogen-bond donors (Lipinski definition) is 6. The summed E-state index contributed by atoms with van der Waals surface area (Å²) in [6, 6.07) is 3.01. The van der Waals surface area contributed by atoms with Gasteiger partial charge in [0, 0.05) is 17.6 Å². The Morgan fingerprint density at radius 3 is 2.61 bits per heavy atom. The maximum Gasteiger partial charge on any atom is 0.255 e. The molecule has 0 bridgehead atoms. The zero-order chi connectivity index (χ0) is 24.1. The summed E-state index contributed by atoms with van der Waals surface area (Å²) in [7, 11) is 1.75. The van der Waals surface area contributed by atoms with E-state index >= 15 is 0 Å². The molecule has 3 atom stereocenters. The van der Waals surface area contributed by atoms with Gasteiger partial charge in [0.25, 0.3) is 5.91 Å². The van der Waals surface area contributed by atoms with Crippen LogP contribution >= 0.6 is 0 Å². The highest BCUT2D eigenvalue weighted by atomic mass is 16.3. The van der Waals surface area contributed by atoms with E-state index < -0.39 is 58.4 Å². The van der Waals surface area contributed by atoms with E-state index in [2.05, 4.69) is 17.2 Å². The molecule has 9 heteroatoms. The summed E-state index contributed by atoms with van der Waals surface area (Å²) in [5, 5.41) is 45.6. The van der Waals surface area contributed by atoms with Gasteiger partial charge in [0.1, 0.15) is 28.3 Å². The summed E-state index contributed by atoms with van der Waals surface area (Å²) in [5.74, 6) is 0.399. The molecule has 1 aromatic carbocycles. The quantitative estimate of drug-likeness (QED) is 0.280. The van der Waals surface area contributed by atoms with Crippen molar-refractivity contribution in [2.75, 3.05) is 20.2 Å². The van der Waals surface area contributed by atoms with Crippen molar-refractivity contribution in [3.63, 3.8) is 0 Å². The van der Waals surface area contributed by atoms with Crippen LogP contribution in [0.25, 0.3) is 5.76 Å². The molecule has 0 saturated heterocycles. The van der Waals surface area contributed by atoms with Crippen molar-refractivity contribution in [2.24, 2.45) is 23.0 Å². The minimum atomic E-state index is -1.96. The highest BCUT2D eigenvalue weighted by Crippen LogP contribution is 2.56. The molecule has 0 aromatic heterocycles. The number of hydrogen-bond acceptors (Lipinski definition) is 8. The number of aliphatic hydroxyl groups is 3. The number of Topliss-reactive ketones (excluding diaryl/α,β-unsaturated/α-hetero) is 2. The summed E-state index contributed by atoms with van der Waals surface area (Å²) in [6.45, 7) is -0.439. The minimum Gasteiger partial charge on any atom is -0.510 e. The van der Waals surface area contributed by atoms with Gasteiger partial charge >= 0.3 is 0 Å². The van der Waals surface area contributed by atoms with Gasteiger partial charge in [-0.05, 0) is 49.4 Å². The van der Waals surface area contributed by atoms with Crippen LogP contribution in [0, 0.1) is 29.1 Å². The van der Waals surface area contributed by atoms with Gasteiger partial charge < -0.3 is 31.5 Å². The molecule has 33 heavy (non-hydrogen) atoms. The van der Waals surface area contributed by atoms with E-state index in [9.17, 15) is 34.8 Å². The maximum absolute atomic E-state index is 13.7. The number of rotatable bonds is 3. The molecule has 172 valence electrons. The van der Waals surface area contributed by atoms with Gasteiger partial charge in [0.15, 0.2) is 11.6 Å². The average Bonchev–Trinajstić information content (AvgIpc) is 2.75. The number of nitrogens with one attached hydrogen (secondary N) is 1. The van der Waals surface area contributed by atoms with Crippen LogP contribution in [0.4, 0.5) is 0 Å². The van der Waals surface area contributed by atoms with Crippen LogP contribution in [0.1, 0.15) is 29.5 Å². The third-order valence-corrected chi connectivity index (χ3v) is 6.91. The predicted molar refractivity (Wildman–Crippen MR) is 117 cm³/mol. The van der Waals surface area contributed by atoms with Crippen molar-refractivity contribution < 1.29 is 34.8 Å². The lowest BCUT2D eigenvalue weighted by molar-refractivity contribution is -0.138. The summed E-state index contributed by atoms with van der Waals surface area (Å²) < 4.78 is 0. The normalized spacial score (nSPS) is 26.2. The van der Waals surface area contributed by atoms with E-state index in [0.717, 1.165) is 0 Å². The molecule has 3 aliphatic carbocycles. The van der Waals surface area contributed by atoms with Crippen LogP contribution < -0.4 is 11.1 Å². The Balaban J connectivity index is 1.93. The number of allylic oxidation sites excluding steroid dienone is 1. The van der Waals surface area contributed by atoms with Crippen molar-refractivity contribution in [1.29, 1.82) is 0 Å². The Hall–Kier alpha value is -3.61. The van der Waals surface area contributed by atoms with E-state index in [-0.39, 0.29) is 36.1 Å². The number of amides is 1. The molecule has 0 heterocycles. The zero-order valence-electron chi connectivity index (χ0n) is 17.9. The number of benzene rings is 1. The Kier molecular flexibility index (Phi) is 5.52. The van der Waals surface area contributed by atoms with Gasteiger partial charge in [-0.1, -0.05) is 11.8 Å². The number of aromatic hydroxyl groups is 1. The molecule has 1 aromatic rings. The summed E-state index contributed by atoms with van der Waals surface area (Å²) >= 11 is 0. The van der Waals surface area contributed by atoms with Crippen molar-refractivity contribution in [2.45, 2.75) is 19.3 Å². The van der Waals surface area contributed by atoms with Gasteiger partial charge in [-0.25, -0.2) is 0 Å². The van der Waals surface area contributed by atoms with Gasteiger partial charge in [0.05, 0.1) is 18.7 Å². The first-order valence-electron chi connectivity index (χ1n) is 10.5. The highest BCUT2D eigenvalue weighted by molar-refractivity contribution is 6.22. The first kappa shape index (κ1) is 22.6. The lowest BCUT2D eigenvalue weighted by Crippen LogP contribution is -2.55. The summed E-state index contributed by atoms with van der Waals surface area (Å²) in [6.07, 6.45) is 0.199. The van der Waals surface area contributed by atoms with Crippen molar-refractivity contribution in [3.05, 3.63) is 45.7 Å². The van der Waals surface area contributed by atoms with Crippen LogP contribution in [0.2, 0.25) is 0 Å². The number of nitrogens with two attached hydrogens (primary N) is 1. The number of carbonyl (C=O) groups excluding carboxylic acids is 3. The van der Waals surface area contributed by atoms with E-state index in [1.165, 1.54) is 6.07 Å². The first-order valence-corrected chi connectivity index (χ1v) is 10.5. The van der Waals surface area contributed by atoms with Crippen LogP contribution in [-0.2, 0) is 20.8 Å². The Bertz CT molecular complexity index is 1220. The van der Waals surface area contributed by atoms with Gasteiger partial charge in [0.2, 0.25) is 0 Å². The van der Waals surface area contributed by atoms with Gasteiger partial charge in [-0.15, -0.1) is 0 Å². The molecule has 4 rings (SSSR count). The predicted octanol–water partition coefficient (Wildman–Crippen LogP) is 0.242. The summed E-state index contributed by atoms with van der Waals surface area (Å²) in [5.41, 5.74) is 3.77. The maximum atomic E-state index is 13.7. The molecule has 3 aliphatic rings. The number of carbonyl (C=O) groups is 3. The molecule has 1 amide bonds. The van der Waals surface area contributed by atoms with Gasteiger partial charge in [-0.2, -0.15) is 0 Å². The highest BCUT2D eigenvalue weighted by Gasteiger charge is 2.60. The molecular formula is C24H24N2O7. The number of phenolic OH excluding ortho intramolecular Hbond substituents is 1. The first-order chi connectivity index (χ1) is 15.7. The number of fused-ring (bicyclic) bond motifs is 3. The standard InChI is InChI=1S/C24H24N2O7/c1-26-6-2-3-11-4-5-15(28)18-14(11)8-12-7-13-9-16(29)19(23(25)33)22(32)24(13,10-27)21(31)17(12)20(18)30/h4-5,12-13,26-28,30,32H,6-10H2,1H3,(H2,25,33)/t12-,13+,24?/m1/s1. The van der Waals surface area contributed by atoms with Crippen molar-refractivity contribution in [1.82, 2.24) is 5.32 Å². The smallest absolute Gasteiger partial charge is 0.255 e. The van der Waals surface area contributed by atoms with Gasteiger partial charge in [-0.3, -0.25) is 14.4 Å². The molecule has 1 saturated carbocycles. The summed E-state index contributed by atoms with van der Waals surface area (Å²) in [4.78, 5) is 38.0. The van der Waals surface area contributed by atoms with Crippen molar-refractivity contribution >= 4 is 23.2 Å². The number of phenols is 1. The van der Waals surface area contributed by atoms with Crippen LogP contribution in [-0.4, -0.2) is 58.1 Å². The second-order valence-corrected chi connectivity index (χ2v) is 8.59. The average molecular weight is 452 g/mol. The molecule has 0 radical (unpaired) electrons. The second kappa shape index (κ2) is 8.06. The van der Waals surface area contributed by atoms with E-state index in [0.29, 0.717) is 17.7 Å². The largest absolute Gasteiger partial charge is 0.510 e.